The van der Waals surface area contributed by atoms with Crippen LogP contribution in [0.3, 0.4) is 0 Å². The highest BCUT2D eigenvalue weighted by molar-refractivity contribution is 6.03. The SMILES string of the molecule is CCC(C)n1c(O)c(C(=O)C(C)Oc2cc(C)cc(C)c2)c(C)c(C#N)c1=O. The van der Waals surface area contributed by atoms with Gasteiger partial charge in [-0.25, -0.2) is 0 Å². The molecule has 0 aliphatic carbocycles. The Morgan fingerprint density at radius 3 is 2.29 bits per heavy atom. The molecule has 0 bridgehead atoms. The van der Waals surface area contributed by atoms with Crippen LogP contribution in [0.25, 0.3) is 0 Å². The largest absolute Gasteiger partial charge is 0.494 e. The number of aromatic hydroxyl groups is 1. The molecular formula is C22H26N2O4. The maximum absolute atomic E-state index is 13.1. The first-order valence-corrected chi connectivity index (χ1v) is 9.29. The molecule has 2 atom stereocenters. The van der Waals surface area contributed by atoms with Gasteiger partial charge in [-0.05, 0) is 69.9 Å². The zero-order valence-corrected chi connectivity index (χ0v) is 17.2. The van der Waals surface area contributed by atoms with Crippen molar-refractivity contribution in [2.45, 2.75) is 60.1 Å². The van der Waals surface area contributed by atoms with Gasteiger partial charge in [0.1, 0.15) is 17.4 Å². The van der Waals surface area contributed by atoms with Gasteiger partial charge in [0.05, 0.1) is 5.56 Å². The second kappa shape index (κ2) is 8.30. The standard InChI is InChI=1S/C22H26N2O4/c1-7-14(4)24-21(26)18(11-23)15(5)19(22(24)27)20(25)16(6)28-17-9-12(2)8-13(3)10-17/h8-10,14,16,27H,7H2,1-6H3. The van der Waals surface area contributed by atoms with Crippen LogP contribution < -0.4 is 10.3 Å². The van der Waals surface area contributed by atoms with Crippen molar-refractivity contribution >= 4 is 5.78 Å². The third kappa shape index (κ3) is 3.94. The average Bonchev–Trinajstić information content (AvgIpc) is 2.60. The second-order valence-electron chi connectivity index (χ2n) is 7.19. The van der Waals surface area contributed by atoms with Crippen LogP contribution in [0, 0.1) is 32.1 Å². The Hall–Kier alpha value is -3.07. The molecule has 1 aromatic carbocycles. The number of ketones is 1. The molecule has 0 saturated heterocycles. The quantitative estimate of drug-likeness (QED) is 0.763. The third-order valence-electron chi connectivity index (χ3n) is 4.90. The van der Waals surface area contributed by atoms with Crippen molar-refractivity contribution in [3.05, 3.63) is 56.4 Å². The number of pyridine rings is 1. The highest BCUT2D eigenvalue weighted by atomic mass is 16.5. The van der Waals surface area contributed by atoms with Crippen LogP contribution in [0.1, 0.15) is 65.8 Å². The lowest BCUT2D eigenvalue weighted by atomic mass is 9.98. The summed E-state index contributed by atoms with van der Waals surface area (Å²) < 4.78 is 6.92. The summed E-state index contributed by atoms with van der Waals surface area (Å²) >= 11 is 0. The first-order chi connectivity index (χ1) is 13.1. The summed E-state index contributed by atoms with van der Waals surface area (Å²) in [5.74, 6) is -0.356. The number of hydrogen-bond donors (Lipinski definition) is 1. The number of ether oxygens (including phenoxy) is 1. The molecule has 6 nitrogen and oxygen atoms in total. The molecule has 0 saturated carbocycles. The van der Waals surface area contributed by atoms with Crippen LogP contribution in [0.5, 0.6) is 11.6 Å². The van der Waals surface area contributed by atoms with E-state index in [1.807, 2.05) is 45.0 Å². The molecule has 148 valence electrons. The maximum atomic E-state index is 13.1. The summed E-state index contributed by atoms with van der Waals surface area (Å²) in [7, 11) is 0. The Labute approximate surface area is 165 Å². The number of nitriles is 1. The minimum absolute atomic E-state index is 0.0478. The van der Waals surface area contributed by atoms with Gasteiger partial charge in [0.25, 0.3) is 5.56 Å². The molecule has 0 spiro atoms. The van der Waals surface area contributed by atoms with Gasteiger partial charge in [-0.15, -0.1) is 0 Å². The summed E-state index contributed by atoms with van der Waals surface area (Å²) in [6.45, 7) is 10.6. The molecule has 1 heterocycles. The summed E-state index contributed by atoms with van der Waals surface area (Å²) in [6.07, 6.45) is -0.343. The molecular weight excluding hydrogens is 356 g/mol. The highest BCUT2D eigenvalue weighted by Gasteiger charge is 2.29. The molecule has 0 radical (unpaired) electrons. The van der Waals surface area contributed by atoms with Crippen molar-refractivity contribution in [2.24, 2.45) is 0 Å². The number of hydrogen-bond acceptors (Lipinski definition) is 5. The molecule has 28 heavy (non-hydrogen) atoms. The van der Waals surface area contributed by atoms with Gasteiger partial charge in [0.15, 0.2) is 6.10 Å². The number of benzene rings is 1. The van der Waals surface area contributed by atoms with E-state index >= 15 is 0 Å². The number of aryl methyl sites for hydroxylation is 2. The number of aromatic nitrogens is 1. The Balaban J connectivity index is 2.55. The van der Waals surface area contributed by atoms with Crippen LogP contribution in [0.15, 0.2) is 23.0 Å². The zero-order chi connectivity index (χ0) is 21.2. The van der Waals surface area contributed by atoms with Crippen LogP contribution in [-0.4, -0.2) is 21.6 Å². The monoisotopic (exact) mass is 382 g/mol. The second-order valence-corrected chi connectivity index (χ2v) is 7.19. The number of carbonyl (C=O) groups is 1. The molecule has 2 rings (SSSR count). The number of Topliss-reactive ketones (excluding diaryl/α,β-unsaturated/α-hetero) is 1. The van der Waals surface area contributed by atoms with Gasteiger partial charge in [-0.1, -0.05) is 13.0 Å². The zero-order valence-electron chi connectivity index (χ0n) is 17.2. The Bertz CT molecular complexity index is 994. The topological polar surface area (TPSA) is 92.3 Å². The van der Waals surface area contributed by atoms with E-state index in [4.69, 9.17) is 4.74 Å². The molecule has 0 amide bonds. The van der Waals surface area contributed by atoms with Crippen molar-refractivity contribution in [1.82, 2.24) is 4.57 Å². The van der Waals surface area contributed by atoms with Gasteiger partial charge in [0, 0.05) is 6.04 Å². The van der Waals surface area contributed by atoms with Crippen molar-refractivity contribution < 1.29 is 14.6 Å². The molecule has 2 aromatic rings. The van der Waals surface area contributed by atoms with Crippen LogP contribution in [-0.2, 0) is 0 Å². The maximum Gasteiger partial charge on any atom is 0.271 e. The van der Waals surface area contributed by atoms with Crippen molar-refractivity contribution in [3.8, 4) is 17.7 Å². The van der Waals surface area contributed by atoms with Gasteiger partial charge < -0.3 is 9.84 Å². The highest BCUT2D eigenvalue weighted by Crippen LogP contribution is 2.28. The van der Waals surface area contributed by atoms with Crippen molar-refractivity contribution in [3.63, 3.8) is 0 Å². The predicted molar refractivity (Wildman–Crippen MR) is 107 cm³/mol. The van der Waals surface area contributed by atoms with Crippen molar-refractivity contribution in [2.75, 3.05) is 0 Å². The summed E-state index contributed by atoms with van der Waals surface area (Å²) in [5.41, 5.74) is 1.40. The number of carbonyl (C=O) groups excluding carboxylic acids is 1. The van der Waals surface area contributed by atoms with Crippen LogP contribution in [0.4, 0.5) is 0 Å². The van der Waals surface area contributed by atoms with E-state index in [-0.39, 0.29) is 22.7 Å². The van der Waals surface area contributed by atoms with E-state index in [1.165, 1.54) is 6.92 Å². The molecule has 0 aliphatic heterocycles. The van der Waals surface area contributed by atoms with Crippen molar-refractivity contribution in [1.29, 1.82) is 5.26 Å². The first-order valence-electron chi connectivity index (χ1n) is 9.29. The first kappa shape index (κ1) is 21.2. The minimum Gasteiger partial charge on any atom is -0.494 e. The summed E-state index contributed by atoms with van der Waals surface area (Å²) in [5, 5.41) is 20.1. The van der Waals surface area contributed by atoms with E-state index in [9.17, 15) is 20.0 Å². The average molecular weight is 382 g/mol. The molecule has 0 fully saturated rings. The Kier molecular flexibility index (Phi) is 6.30. The summed E-state index contributed by atoms with van der Waals surface area (Å²) in [6, 6.07) is 7.16. The number of rotatable bonds is 6. The van der Waals surface area contributed by atoms with E-state index in [2.05, 4.69) is 0 Å². The lowest BCUT2D eigenvalue weighted by Crippen LogP contribution is -2.32. The fourth-order valence-corrected chi connectivity index (χ4v) is 3.27. The number of nitrogens with zero attached hydrogens (tertiary/aromatic N) is 2. The van der Waals surface area contributed by atoms with E-state index in [1.54, 1.807) is 13.8 Å². The minimum atomic E-state index is -0.903. The predicted octanol–water partition coefficient (Wildman–Crippen LogP) is 3.97. The molecule has 1 aromatic heterocycles. The fraction of sp³-hybridized carbons (Fsp3) is 0.409. The van der Waals surface area contributed by atoms with E-state index < -0.39 is 23.3 Å². The van der Waals surface area contributed by atoms with Gasteiger partial charge in [-0.3, -0.25) is 14.2 Å². The van der Waals surface area contributed by atoms with E-state index in [0.717, 1.165) is 15.7 Å². The Morgan fingerprint density at radius 1 is 1.21 bits per heavy atom. The lowest BCUT2D eigenvalue weighted by Gasteiger charge is -2.21. The molecule has 1 N–H and O–H groups in total. The smallest absolute Gasteiger partial charge is 0.271 e. The normalized spacial score (nSPS) is 12.9. The van der Waals surface area contributed by atoms with Gasteiger partial charge in [0.2, 0.25) is 11.7 Å². The molecule has 6 heteroatoms. The fourth-order valence-electron chi connectivity index (χ4n) is 3.27. The summed E-state index contributed by atoms with van der Waals surface area (Å²) in [4.78, 5) is 25.7. The molecule has 2 unspecified atom stereocenters. The van der Waals surface area contributed by atoms with E-state index in [0.29, 0.717) is 12.2 Å². The lowest BCUT2D eigenvalue weighted by molar-refractivity contribution is 0.0812. The molecule has 0 aliphatic rings. The third-order valence-corrected chi connectivity index (χ3v) is 4.90. The van der Waals surface area contributed by atoms with Gasteiger partial charge in [-0.2, -0.15) is 5.26 Å². The van der Waals surface area contributed by atoms with Gasteiger partial charge >= 0.3 is 0 Å². The van der Waals surface area contributed by atoms with Crippen LogP contribution in [0.2, 0.25) is 0 Å². The Morgan fingerprint density at radius 2 is 1.79 bits per heavy atom. The van der Waals surface area contributed by atoms with Crippen LogP contribution >= 0.6 is 0 Å².